The fourth-order valence-electron chi connectivity index (χ4n) is 4.18. The predicted molar refractivity (Wildman–Crippen MR) is 121 cm³/mol. The van der Waals surface area contributed by atoms with Crippen molar-refractivity contribution in [1.82, 2.24) is 10.2 Å². The van der Waals surface area contributed by atoms with Gasteiger partial charge < -0.3 is 15.1 Å². The van der Waals surface area contributed by atoms with Gasteiger partial charge in [-0.15, -0.1) is 0 Å². The first-order valence-electron chi connectivity index (χ1n) is 10.7. The highest BCUT2D eigenvalue weighted by molar-refractivity contribution is 7.99. The van der Waals surface area contributed by atoms with Crippen LogP contribution in [0.1, 0.15) is 33.1 Å². The van der Waals surface area contributed by atoms with Crippen LogP contribution in [0, 0.1) is 5.92 Å². The lowest BCUT2D eigenvalue weighted by Gasteiger charge is -2.34. The maximum atomic E-state index is 12.9. The summed E-state index contributed by atoms with van der Waals surface area (Å²) in [5.41, 5.74) is 2.33. The van der Waals surface area contributed by atoms with Gasteiger partial charge in [0.1, 0.15) is 0 Å². The summed E-state index contributed by atoms with van der Waals surface area (Å²) in [7, 11) is 0. The predicted octanol–water partition coefficient (Wildman–Crippen LogP) is 4.44. The average Bonchev–Trinajstić information content (AvgIpc) is 2.76. The molecule has 2 aromatic carbocycles. The number of piperidine rings is 1. The Morgan fingerprint density at radius 2 is 1.57 bits per heavy atom. The standard InChI is InChI=1S/C24H29N3O2S/c1-17(2)25-24(29)18-11-14-26(15-12-18)23(28)13-16-27-19-7-3-5-9-21(19)30-22-10-6-4-8-20(22)27/h3-10,17-18H,11-16H2,1-2H3,(H,25,29). The average molecular weight is 424 g/mol. The number of carbonyl (C=O) groups excluding carboxylic acids is 2. The summed E-state index contributed by atoms with van der Waals surface area (Å²) in [4.78, 5) is 31.8. The molecule has 0 bridgehead atoms. The number of hydrogen-bond donors (Lipinski definition) is 1. The van der Waals surface area contributed by atoms with Gasteiger partial charge in [-0.1, -0.05) is 36.0 Å². The second-order valence-electron chi connectivity index (χ2n) is 8.26. The number of amides is 2. The highest BCUT2D eigenvalue weighted by Crippen LogP contribution is 2.47. The molecule has 0 unspecified atom stereocenters. The Kier molecular flexibility index (Phi) is 6.32. The summed E-state index contributed by atoms with van der Waals surface area (Å²) in [6.45, 7) is 5.94. The quantitative estimate of drug-likeness (QED) is 0.772. The van der Waals surface area contributed by atoms with Gasteiger partial charge in [-0.05, 0) is 51.0 Å². The molecule has 2 aliphatic heterocycles. The number of para-hydroxylation sites is 2. The summed E-state index contributed by atoms with van der Waals surface area (Å²) < 4.78 is 0. The first kappa shape index (κ1) is 20.8. The Morgan fingerprint density at radius 1 is 1.00 bits per heavy atom. The van der Waals surface area contributed by atoms with Crippen LogP contribution in [0.3, 0.4) is 0 Å². The second kappa shape index (κ2) is 9.13. The second-order valence-corrected chi connectivity index (χ2v) is 9.34. The van der Waals surface area contributed by atoms with Gasteiger partial charge in [0.05, 0.1) is 11.4 Å². The molecule has 0 saturated carbocycles. The van der Waals surface area contributed by atoms with E-state index in [0.717, 1.165) is 24.2 Å². The molecule has 0 atom stereocenters. The van der Waals surface area contributed by atoms with Gasteiger partial charge in [-0.3, -0.25) is 9.59 Å². The largest absolute Gasteiger partial charge is 0.354 e. The first-order valence-corrected chi connectivity index (χ1v) is 11.6. The Bertz CT molecular complexity index is 877. The maximum Gasteiger partial charge on any atom is 0.224 e. The molecular weight excluding hydrogens is 394 g/mol. The van der Waals surface area contributed by atoms with Crippen LogP contribution in [0.15, 0.2) is 58.3 Å². The van der Waals surface area contributed by atoms with Crippen molar-refractivity contribution in [2.45, 2.75) is 48.9 Å². The lowest BCUT2D eigenvalue weighted by molar-refractivity contribution is -0.135. The van der Waals surface area contributed by atoms with Gasteiger partial charge in [0.15, 0.2) is 0 Å². The number of nitrogens with zero attached hydrogens (tertiary/aromatic N) is 2. The van der Waals surface area contributed by atoms with Gasteiger partial charge in [0, 0.05) is 47.8 Å². The Labute approximate surface area is 182 Å². The minimum absolute atomic E-state index is 0.0225. The summed E-state index contributed by atoms with van der Waals surface area (Å²) in [6, 6.07) is 16.9. The van der Waals surface area contributed by atoms with Gasteiger partial charge in [-0.25, -0.2) is 0 Å². The van der Waals surface area contributed by atoms with Crippen molar-refractivity contribution in [3.05, 3.63) is 48.5 Å². The lowest BCUT2D eigenvalue weighted by Crippen LogP contribution is -2.44. The highest BCUT2D eigenvalue weighted by atomic mass is 32.2. The van der Waals surface area contributed by atoms with Gasteiger partial charge in [0.2, 0.25) is 11.8 Å². The molecule has 0 aromatic heterocycles. The molecule has 2 amide bonds. The normalized spacial score (nSPS) is 16.2. The molecule has 2 aromatic rings. The van der Waals surface area contributed by atoms with E-state index in [1.54, 1.807) is 11.8 Å². The van der Waals surface area contributed by atoms with E-state index >= 15 is 0 Å². The van der Waals surface area contributed by atoms with Crippen LogP contribution in [0.5, 0.6) is 0 Å². The van der Waals surface area contributed by atoms with Crippen LogP contribution in [-0.2, 0) is 9.59 Å². The monoisotopic (exact) mass is 423 g/mol. The van der Waals surface area contributed by atoms with Crippen molar-refractivity contribution >= 4 is 35.0 Å². The summed E-state index contributed by atoms with van der Waals surface area (Å²) in [5, 5.41) is 2.99. The molecule has 2 aliphatic rings. The van der Waals surface area contributed by atoms with Gasteiger partial charge in [-0.2, -0.15) is 0 Å². The van der Waals surface area contributed by atoms with Gasteiger partial charge in [0.25, 0.3) is 0 Å². The van der Waals surface area contributed by atoms with Crippen LogP contribution >= 0.6 is 11.8 Å². The molecule has 158 valence electrons. The van der Waals surface area contributed by atoms with Crippen molar-refractivity contribution in [3.63, 3.8) is 0 Å². The molecule has 6 heteroatoms. The Hall–Kier alpha value is -2.47. The highest BCUT2D eigenvalue weighted by Gasteiger charge is 2.28. The smallest absolute Gasteiger partial charge is 0.224 e. The topological polar surface area (TPSA) is 52.7 Å². The molecule has 0 spiro atoms. The summed E-state index contributed by atoms with van der Waals surface area (Å²) in [5.74, 6) is 0.316. The molecule has 0 radical (unpaired) electrons. The molecule has 4 rings (SSSR count). The van der Waals surface area contributed by atoms with E-state index in [1.165, 1.54) is 9.79 Å². The molecule has 1 fully saturated rings. The SMILES string of the molecule is CC(C)NC(=O)C1CCN(C(=O)CCN2c3ccccc3Sc3ccccc32)CC1. The zero-order valence-corrected chi connectivity index (χ0v) is 18.5. The third kappa shape index (κ3) is 4.48. The third-order valence-corrected chi connectivity index (χ3v) is 6.86. The van der Waals surface area contributed by atoms with E-state index in [2.05, 4.69) is 58.7 Å². The number of likely N-dealkylation sites (tertiary alicyclic amines) is 1. The van der Waals surface area contributed by atoms with Crippen LogP contribution in [0.4, 0.5) is 11.4 Å². The van der Waals surface area contributed by atoms with Crippen LogP contribution in [0.2, 0.25) is 0 Å². The van der Waals surface area contributed by atoms with E-state index in [0.29, 0.717) is 26.1 Å². The molecule has 1 saturated heterocycles. The molecule has 1 N–H and O–H groups in total. The molecule has 0 aliphatic carbocycles. The van der Waals surface area contributed by atoms with Crippen molar-refractivity contribution in [1.29, 1.82) is 0 Å². The van der Waals surface area contributed by atoms with Crippen molar-refractivity contribution in [2.75, 3.05) is 24.5 Å². The van der Waals surface area contributed by atoms with E-state index in [4.69, 9.17) is 0 Å². The van der Waals surface area contributed by atoms with Crippen LogP contribution < -0.4 is 10.2 Å². The molecule has 2 heterocycles. The zero-order valence-electron chi connectivity index (χ0n) is 17.6. The van der Waals surface area contributed by atoms with Crippen LogP contribution in [0.25, 0.3) is 0 Å². The Balaban J connectivity index is 1.38. The maximum absolute atomic E-state index is 12.9. The molecule has 5 nitrogen and oxygen atoms in total. The summed E-state index contributed by atoms with van der Waals surface area (Å²) in [6.07, 6.45) is 1.96. The summed E-state index contributed by atoms with van der Waals surface area (Å²) >= 11 is 1.78. The van der Waals surface area contributed by atoms with E-state index in [-0.39, 0.29) is 23.8 Å². The van der Waals surface area contributed by atoms with Gasteiger partial charge >= 0.3 is 0 Å². The number of carbonyl (C=O) groups is 2. The minimum atomic E-state index is 0.0225. The Morgan fingerprint density at radius 3 is 2.13 bits per heavy atom. The van der Waals surface area contributed by atoms with E-state index < -0.39 is 0 Å². The van der Waals surface area contributed by atoms with E-state index in [1.807, 2.05) is 18.7 Å². The van der Waals surface area contributed by atoms with Crippen molar-refractivity contribution in [3.8, 4) is 0 Å². The third-order valence-electron chi connectivity index (χ3n) is 5.73. The van der Waals surface area contributed by atoms with Crippen LogP contribution in [-0.4, -0.2) is 42.4 Å². The fraction of sp³-hybridized carbons (Fsp3) is 0.417. The molecular formula is C24H29N3O2S. The molecule has 30 heavy (non-hydrogen) atoms. The fourth-order valence-corrected chi connectivity index (χ4v) is 5.28. The van der Waals surface area contributed by atoms with Crippen molar-refractivity contribution in [2.24, 2.45) is 5.92 Å². The first-order chi connectivity index (χ1) is 14.5. The number of nitrogens with one attached hydrogen (secondary N) is 1. The van der Waals surface area contributed by atoms with Crippen molar-refractivity contribution < 1.29 is 9.59 Å². The number of fused-ring (bicyclic) bond motifs is 2. The zero-order chi connectivity index (χ0) is 21.1. The number of anilines is 2. The number of hydrogen-bond acceptors (Lipinski definition) is 4. The van der Waals surface area contributed by atoms with E-state index in [9.17, 15) is 9.59 Å². The number of rotatable bonds is 5. The lowest BCUT2D eigenvalue weighted by atomic mass is 9.95. The number of benzene rings is 2. The minimum Gasteiger partial charge on any atom is -0.354 e.